The minimum Gasteiger partial charge on any atom is -0.336 e. The minimum atomic E-state index is -0.110. The van der Waals surface area contributed by atoms with Crippen LogP contribution in [0.15, 0.2) is 0 Å². The smallest absolute Gasteiger partial charge is 0.293 e. The second-order valence-corrected chi connectivity index (χ2v) is 6.45. The van der Waals surface area contributed by atoms with Crippen LogP contribution < -0.4 is 0 Å². The van der Waals surface area contributed by atoms with E-state index in [1.807, 2.05) is 4.90 Å². The Morgan fingerprint density at radius 2 is 2.21 bits per heavy atom. The molecule has 1 fully saturated rings. The highest BCUT2D eigenvalue weighted by molar-refractivity contribution is 5.90. The SMILES string of the molecule is CCCC1CCN(C(=O)c2n[nH]c(C(C)(C)C)n2)C1. The maximum atomic E-state index is 12.3. The molecule has 1 atom stereocenters. The first-order valence-corrected chi connectivity index (χ1v) is 7.14. The summed E-state index contributed by atoms with van der Waals surface area (Å²) in [6, 6.07) is 0. The Bertz CT molecular complexity index is 447. The molecule has 0 bridgehead atoms. The maximum absolute atomic E-state index is 12.3. The lowest BCUT2D eigenvalue weighted by Gasteiger charge is -2.15. The number of rotatable bonds is 3. The standard InChI is InChI=1S/C14H24N4O/c1-5-6-10-7-8-18(9-10)12(19)11-15-13(17-16-11)14(2,3)4/h10H,5-9H2,1-4H3,(H,15,16,17). The molecule has 1 aromatic rings. The molecule has 0 aromatic carbocycles. The van der Waals surface area contributed by atoms with Gasteiger partial charge in [0.15, 0.2) is 0 Å². The van der Waals surface area contributed by atoms with Gasteiger partial charge >= 0.3 is 0 Å². The van der Waals surface area contributed by atoms with Gasteiger partial charge in [-0.1, -0.05) is 34.1 Å². The van der Waals surface area contributed by atoms with Crippen LogP contribution in [0.5, 0.6) is 0 Å². The summed E-state index contributed by atoms with van der Waals surface area (Å²) in [5.74, 6) is 1.68. The van der Waals surface area contributed by atoms with E-state index in [4.69, 9.17) is 0 Å². The van der Waals surface area contributed by atoms with Crippen LogP contribution in [0.4, 0.5) is 0 Å². The molecule has 1 amide bonds. The number of likely N-dealkylation sites (tertiary alicyclic amines) is 1. The highest BCUT2D eigenvalue weighted by Crippen LogP contribution is 2.23. The number of carbonyl (C=O) groups is 1. The van der Waals surface area contributed by atoms with Gasteiger partial charge in [-0.2, -0.15) is 0 Å². The molecule has 2 heterocycles. The molecule has 2 rings (SSSR count). The highest BCUT2D eigenvalue weighted by Gasteiger charge is 2.29. The summed E-state index contributed by atoms with van der Waals surface area (Å²) in [6.45, 7) is 10.0. The number of hydrogen-bond donors (Lipinski definition) is 1. The van der Waals surface area contributed by atoms with E-state index in [1.165, 1.54) is 12.8 Å². The molecule has 1 saturated heterocycles. The van der Waals surface area contributed by atoms with Crippen molar-refractivity contribution in [1.82, 2.24) is 20.1 Å². The van der Waals surface area contributed by atoms with Gasteiger partial charge in [0.25, 0.3) is 5.91 Å². The van der Waals surface area contributed by atoms with Crippen molar-refractivity contribution in [2.24, 2.45) is 5.92 Å². The van der Waals surface area contributed by atoms with Crippen molar-refractivity contribution >= 4 is 5.91 Å². The molecule has 0 aliphatic carbocycles. The third kappa shape index (κ3) is 3.14. The maximum Gasteiger partial charge on any atom is 0.293 e. The van der Waals surface area contributed by atoms with E-state index in [1.54, 1.807) is 0 Å². The number of H-pyrrole nitrogens is 1. The van der Waals surface area contributed by atoms with Gasteiger partial charge in [-0.05, 0) is 18.8 Å². The number of nitrogens with one attached hydrogen (secondary N) is 1. The van der Waals surface area contributed by atoms with E-state index in [-0.39, 0.29) is 11.3 Å². The molecule has 5 heteroatoms. The van der Waals surface area contributed by atoms with Crippen LogP contribution in [-0.4, -0.2) is 39.1 Å². The van der Waals surface area contributed by atoms with Crippen LogP contribution in [0.1, 0.15) is 63.4 Å². The number of nitrogens with zero attached hydrogens (tertiary/aromatic N) is 3. The van der Waals surface area contributed by atoms with Gasteiger partial charge in [0.1, 0.15) is 5.82 Å². The summed E-state index contributed by atoms with van der Waals surface area (Å²) in [6.07, 6.45) is 3.49. The van der Waals surface area contributed by atoms with Gasteiger partial charge in [0.2, 0.25) is 5.82 Å². The number of aromatic nitrogens is 3. The Labute approximate surface area is 114 Å². The summed E-state index contributed by atoms with van der Waals surface area (Å²) in [4.78, 5) is 18.5. The summed E-state index contributed by atoms with van der Waals surface area (Å²) in [7, 11) is 0. The van der Waals surface area contributed by atoms with Gasteiger partial charge in [0, 0.05) is 18.5 Å². The lowest BCUT2D eigenvalue weighted by Crippen LogP contribution is -2.29. The van der Waals surface area contributed by atoms with Gasteiger partial charge in [-0.3, -0.25) is 9.89 Å². The molecular weight excluding hydrogens is 240 g/mol. The van der Waals surface area contributed by atoms with Crippen molar-refractivity contribution in [1.29, 1.82) is 0 Å². The van der Waals surface area contributed by atoms with Crippen LogP contribution >= 0.6 is 0 Å². The van der Waals surface area contributed by atoms with Crippen LogP contribution in [0.25, 0.3) is 0 Å². The molecule has 1 aromatic heterocycles. The van der Waals surface area contributed by atoms with Crippen LogP contribution in [0.3, 0.4) is 0 Å². The fourth-order valence-corrected chi connectivity index (χ4v) is 2.50. The van der Waals surface area contributed by atoms with Gasteiger partial charge < -0.3 is 4.90 Å². The third-order valence-electron chi connectivity index (χ3n) is 3.66. The zero-order valence-electron chi connectivity index (χ0n) is 12.4. The Hall–Kier alpha value is -1.39. The van der Waals surface area contributed by atoms with Crippen molar-refractivity contribution in [3.8, 4) is 0 Å². The number of amides is 1. The van der Waals surface area contributed by atoms with E-state index in [0.29, 0.717) is 11.7 Å². The molecule has 106 valence electrons. The quantitative estimate of drug-likeness (QED) is 0.911. The summed E-state index contributed by atoms with van der Waals surface area (Å²) < 4.78 is 0. The first-order chi connectivity index (χ1) is 8.91. The number of hydrogen-bond acceptors (Lipinski definition) is 3. The van der Waals surface area contributed by atoms with Crippen molar-refractivity contribution in [2.45, 2.75) is 52.4 Å². The highest BCUT2D eigenvalue weighted by atomic mass is 16.2. The first kappa shape index (κ1) is 14.0. The fourth-order valence-electron chi connectivity index (χ4n) is 2.50. The second kappa shape index (κ2) is 5.31. The largest absolute Gasteiger partial charge is 0.336 e. The Kier molecular flexibility index (Phi) is 3.92. The molecule has 0 spiro atoms. The van der Waals surface area contributed by atoms with E-state index >= 15 is 0 Å². The minimum absolute atomic E-state index is 0.0367. The second-order valence-electron chi connectivity index (χ2n) is 6.45. The lowest BCUT2D eigenvalue weighted by atomic mass is 9.96. The first-order valence-electron chi connectivity index (χ1n) is 7.14. The number of carbonyl (C=O) groups excluding carboxylic acids is 1. The summed E-state index contributed by atoms with van der Waals surface area (Å²) in [5.41, 5.74) is -0.110. The topological polar surface area (TPSA) is 61.9 Å². The Morgan fingerprint density at radius 1 is 1.47 bits per heavy atom. The molecule has 1 aliphatic rings. The van der Waals surface area contributed by atoms with Crippen molar-refractivity contribution in [3.05, 3.63) is 11.6 Å². The molecule has 1 N–H and O–H groups in total. The van der Waals surface area contributed by atoms with E-state index in [0.717, 1.165) is 25.3 Å². The average molecular weight is 264 g/mol. The van der Waals surface area contributed by atoms with Gasteiger partial charge in [-0.15, -0.1) is 5.10 Å². The van der Waals surface area contributed by atoms with Crippen molar-refractivity contribution in [2.75, 3.05) is 13.1 Å². The summed E-state index contributed by atoms with van der Waals surface area (Å²) in [5, 5.41) is 6.95. The lowest BCUT2D eigenvalue weighted by molar-refractivity contribution is 0.0774. The predicted octanol–water partition coefficient (Wildman–Crippen LogP) is 2.36. The molecule has 5 nitrogen and oxygen atoms in total. The molecule has 1 unspecified atom stereocenters. The number of aromatic amines is 1. The molecule has 0 saturated carbocycles. The van der Waals surface area contributed by atoms with Crippen molar-refractivity contribution in [3.63, 3.8) is 0 Å². The zero-order chi connectivity index (χ0) is 14.0. The predicted molar refractivity (Wildman–Crippen MR) is 74.0 cm³/mol. The molecular formula is C14H24N4O. The van der Waals surface area contributed by atoms with E-state index in [2.05, 4.69) is 42.9 Å². The Balaban J connectivity index is 2.03. The van der Waals surface area contributed by atoms with E-state index in [9.17, 15) is 4.79 Å². The zero-order valence-corrected chi connectivity index (χ0v) is 12.4. The van der Waals surface area contributed by atoms with Crippen LogP contribution in [0, 0.1) is 5.92 Å². The van der Waals surface area contributed by atoms with E-state index < -0.39 is 0 Å². The van der Waals surface area contributed by atoms with Gasteiger partial charge in [-0.25, -0.2) is 4.98 Å². The average Bonchev–Trinajstić information content (AvgIpc) is 2.96. The monoisotopic (exact) mass is 264 g/mol. The van der Waals surface area contributed by atoms with Gasteiger partial charge in [0.05, 0.1) is 0 Å². The Morgan fingerprint density at radius 3 is 2.79 bits per heavy atom. The van der Waals surface area contributed by atoms with Crippen molar-refractivity contribution < 1.29 is 4.79 Å². The molecule has 0 radical (unpaired) electrons. The fraction of sp³-hybridized carbons (Fsp3) is 0.786. The van der Waals surface area contributed by atoms with Crippen LogP contribution in [-0.2, 0) is 5.41 Å². The third-order valence-corrected chi connectivity index (χ3v) is 3.66. The molecule has 1 aliphatic heterocycles. The molecule has 19 heavy (non-hydrogen) atoms. The normalized spacial score (nSPS) is 20.0. The summed E-state index contributed by atoms with van der Waals surface area (Å²) >= 11 is 0. The van der Waals surface area contributed by atoms with Crippen LogP contribution in [0.2, 0.25) is 0 Å².